The fraction of sp³-hybridized carbons (Fsp3) is 0.280. The lowest BCUT2D eigenvalue weighted by atomic mass is 10.0. The number of carbonyl (C=O) groups excluding carboxylic acids is 4. The lowest BCUT2D eigenvalue weighted by Crippen LogP contribution is -2.54. The third-order valence-electron chi connectivity index (χ3n) is 10.7. The summed E-state index contributed by atoms with van der Waals surface area (Å²) in [5.74, 6) is 1.39. The zero-order chi connectivity index (χ0) is 44.3. The number of fused-ring (bicyclic) bond motifs is 2. The van der Waals surface area contributed by atoms with Crippen molar-refractivity contribution in [2.45, 2.75) is 51.2 Å². The second-order valence-electron chi connectivity index (χ2n) is 15.3. The van der Waals surface area contributed by atoms with E-state index in [4.69, 9.17) is 28.4 Å². The van der Waals surface area contributed by atoms with E-state index in [1.54, 1.807) is 17.4 Å². The van der Waals surface area contributed by atoms with E-state index in [9.17, 15) is 19.2 Å². The molecule has 1 unspecified atom stereocenters. The molecule has 5 aromatic carbocycles. The molecule has 0 radical (unpaired) electrons. The molecule has 4 amide bonds. The van der Waals surface area contributed by atoms with Gasteiger partial charge in [-0.2, -0.15) is 0 Å². The number of rotatable bonds is 22. The van der Waals surface area contributed by atoms with E-state index in [0.717, 1.165) is 77.7 Å². The summed E-state index contributed by atoms with van der Waals surface area (Å²) in [6, 6.07) is 35.9. The Morgan fingerprint density at radius 2 is 1.25 bits per heavy atom. The Morgan fingerprint density at radius 1 is 0.625 bits per heavy atom. The van der Waals surface area contributed by atoms with Crippen LogP contribution in [0.4, 0.5) is 0 Å². The minimum Gasteiger partial charge on any atom is -0.494 e. The highest BCUT2D eigenvalue weighted by atomic mass is 79.9. The molecule has 1 atom stereocenters. The van der Waals surface area contributed by atoms with Crippen molar-refractivity contribution in [3.63, 3.8) is 0 Å². The van der Waals surface area contributed by atoms with Crippen molar-refractivity contribution in [2.24, 2.45) is 0 Å². The maximum absolute atomic E-state index is 13.0. The normalized spacial score (nSPS) is 14.8. The first-order valence-electron chi connectivity index (χ1n) is 21.3. The number of hydrogen-bond donors (Lipinski definition) is 1. The summed E-state index contributed by atoms with van der Waals surface area (Å²) in [7, 11) is 0. The number of halogens is 1. The van der Waals surface area contributed by atoms with Crippen LogP contribution in [-0.4, -0.2) is 74.2 Å². The number of imide groups is 2. The van der Waals surface area contributed by atoms with Gasteiger partial charge >= 0.3 is 0 Å². The van der Waals surface area contributed by atoms with Gasteiger partial charge in [-0.1, -0.05) is 58.4 Å². The number of nitrogens with one attached hydrogen (secondary N) is 1. The van der Waals surface area contributed by atoms with Crippen molar-refractivity contribution in [2.75, 3.05) is 39.6 Å². The molecule has 0 aliphatic carbocycles. The highest BCUT2D eigenvalue weighted by Crippen LogP contribution is 2.47. The number of piperidine rings is 1. The zero-order valence-corrected chi connectivity index (χ0v) is 37.5. The van der Waals surface area contributed by atoms with Gasteiger partial charge in [0.05, 0.1) is 29.2 Å². The summed E-state index contributed by atoms with van der Waals surface area (Å²) in [5.41, 5.74) is 2.59. The van der Waals surface area contributed by atoms with E-state index in [1.165, 1.54) is 12.1 Å². The van der Waals surface area contributed by atoms with Crippen LogP contribution in [-0.2, 0) is 25.7 Å². The molecule has 12 nitrogen and oxygen atoms in total. The predicted molar refractivity (Wildman–Crippen MR) is 246 cm³/mol. The average Bonchev–Trinajstić information content (AvgIpc) is 3.78. The number of ether oxygens (including phenoxy) is 6. The Hall–Kier alpha value is -6.06. The van der Waals surface area contributed by atoms with Crippen molar-refractivity contribution in [1.82, 2.24) is 10.2 Å². The third-order valence-corrected chi connectivity index (χ3v) is 12.4. The highest BCUT2D eigenvalue weighted by molar-refractivity contribution is 9.10. The Morgan fingerprint density at radius 3 is 2.02 bits per heavy atom. The van der Waals surface area contributed by atoms with E-state index in [0.29, 0.717) is 58.4 Å². The van der Waals surface area contributed by atoms with Gasteiger partial charge in [-0.3, -0.25) is 29.4 Å². The lowest BCUT2D eigenvalue weighted by Gasteiger charge is -2.27. The fourth-order valence-electron chi connectivity index (χ4n) is 7.35. The molecule has 64 heavy (non-hydrogen) atoms. The Labute approximate surface area is 383 Å². The van der Waals surface area contributed by atoms with Crippen molar-refractivity contribution < 1.29 is 47.6 Å². The quantitative estimate of drug-likeness (QED) is 0.0517. The molecule has 330 valence electrons. The molecule has 8 rings (SSSR count). The zero-order valence-electron chi connectivity index (χ0n) is 35.1. The van der Waals surface area contributed by atoms with Gasteiger partial charge in [0.2, 0.25) is 11.8 Å². The molecule has 0 saturated carbocycles. The highest BCUT2D eigenvalue weighted by Gasteiger charge is 2.44. The SMILES string of the molecule is O=C1CCC(N2C(=O)c3ccc(OCCCOCCCOCCCCOc4ccc(Oc5c(-c6ccc(Br)cc6)sc6cc(OCc7ccccc7)ccc56)cc4)cc3C2=O)C(=O)N1. The first-order chi connectivity index (χ1) is 31.3. The monoisotopic (exact) mass is 946 g/mol. The van der Waals surface area contributed by atoms with Crippen LogP contribution in [0.5, 0.6) is 28.7 Å². The molecule has 14 heteroatoms. The van der Waals surface area contributed by atoms with Gasteiger partial charge in [0.15, 0.2) is 5.75 Å². The third kappa shape index (κ3) is 11.2. The summed E-state index contributed by atoms with van der Waals surface area (Å²) in [4.78, 5) is 51.7. The number of carbonyl (C=O) groups is 4. The smallest absolute Gasteiger partial charge is 0.262 e. The van der Waals surface area contributed by atoms with Gasteiger partial charge in [0.25, 0.3) is 11.8 Å². The topological polar surface area (TPSA) is 139 Å². The van der Waals surface area contributed by atoms with Crippen molar-refractivity contribution in [1.29, 1.82) is 0 Å². The number of thiophene rings is 1. The van der Waals surface area contributed by atoms with Crippen LogP contribution in [0.15, 0.2) is 120 Å². The van der Waals surface area contributed by atoms with E-state index < -0.39 is 29.7 Å². The Kier molecular flexibility index (Phi) is 15.0. The van der Waals surface area contributed by atoms with Crippen LogP contribution in [0.3, 0.4) is 0 Å². The standard InChI is InChI=1S/C50H47BrN2O10S/c51-35-12-10-34(11-13-35)47-46(41-21-19-39(31-44(41)64-47)62-32-33-8-2-1-3-9-33)63-37-16-14-36(15-17-37)60-28-5-4-24-58-25-6-26-59-27-7-29-61-38-18-20-40-42(30-38)50(57)53(49(40)56)43-22-23-45(54)52-48(43)55/h1-3,8-21,30-31,43H,4-7,22-29,32H2,(H,52,54,55). The molecular formula is C50H47BrN2O10S. The maximum Gasteiger partial charge on any atom is 0.262 e. The summed E-state index contributed by atoms with van der Waals surface area (Å²) < 4.78 is 38.1. The Balaban J connectivity index is 0.697. The number of hydrogen-bond acceptors (Lipinski definition) is 11. The van der Waals surface area contributed by atoms with Crippen molar-refractivity contribution in [3.05, 3.63) is 136 Å². The number of nitrogens with zero attached hydrogens (tertiary/aromatic N) is 1. The first-order valence-corrected chi connectivity index (χ1v) is 23.0. The van der Waals surface area contributed by atoms with Crippen molar-refractivity contribution >= 4 is 61.0 Å². The molecule has 1 N–H and O–H groups in total. The van der Waals surface area contributed by atoms with Gasteiger partial charge in [0.1, 0.15) is 35.6 Å². The molecular weight excluding hydrogens is 901 g/mol. The molecule has 0 bridgehead atoms. The van der Waals surface area contributed by atoms with E-state index in [1.807, 2.05) is 60.7 Å². The van der Waals surface area contributed by atoms with Gasteiger partial charge in [-0.05, 0) is 110 Å². The molecule has 1 aromatic heterocycles. The molecule has 1 saturated heterocycles. The van der Waals surface area contributed by atoms with Crippen LogP contribution in [0.2, 0.25) is 0 Å². The minimum absolute atomic E-state index is 0.0696. The van der Waals surface area contributed by atoms with Crippen LogP contribution in [0, 0.1) is 0 Å². The molecule has 3 heterocycles. The van der Waals surface area contributed by atoms with Gasteiger partial charge in [-0.25, -0.2) is 0 Å². The second-order valence-corrected chi connectivity index (χ2v) is 17.2. The Bertz CT molecular complexity index is 2580. The molecule has 2 aliphatic heterocycles. The van der Waals surface area contributed by atoms with Crippen LogP contribution in [0.1, 0.15) is 64.8 Å². The first kappa shape index (κ1) is 44.5. The lowest BCUT2D eigenvalue weighted by molar-refractivity contribution is -0.136. The maximum atomic E-state index is 13.0. The fourth-order valence-corrected chi connectivity index (χ4v) is 8.78. The van der Waals surface area contributed by atoms with Gasteiger partial charge in [0, 0.05) is 53.8 Å². The van der Waals surface area contributed by atoms with Gasteiger partial charge in [-0.15, -0.1) is 11.3 Å². The van der Waals surface area contributed by atoms with Crippen LogP contribution in [0.25, 0.3) is 20.5 Å². The molecule has 0 spiro atoms. The molecule has 6 aromatic rings. The second kappa shape index (κ2) is 21.5. The summed E-state index contributed by atoms with van der Waals surface area (Å²) >= 11 is 5.24. The van der Waals surface area contributed by atoms with Crippen molar-refractivity contribution in [3.8, 4) is 39.2 Å². The van der Waals surface area contributed by atoms with Crippen LogP contribution < -0.4 is 24.3 Å². The number of unbranched alkanes of at least 4 members (excludes halogenated alkanes) is 1. The van der Waals surface area contributed by atoms with E-state index in [2.05, 4.69) is 57.6 Å². The van der Waals surface area contributed by atoms with Gasteiger partial charge < -0.3 is 28.4 Å². The average molecular weight is 948 g/mol. The number of benzene rings is 5. The summed E-state index contributed by atoms with van der Waals surface area (Å²) in [6.07, 6.45) is 3.31. The van der Waals surface area contributed by atoms with Crippen LogP contribution >= 0.6 is 27.3 Å². The molecule has 2 aliphatic rings. The largest absolute Gasteiger partial charge is 0.494 e. The number of amides is 4. The predicted octanol–water partition coefficient (Wildman–Crippen LogP) is 10.2. The summed E-state index contributed by atoms with van der Waals surface area (Å²) in [6.45, 7) is 3.74. The minimum atomic E-state index is -1.00. The molecule has 1 fully saturated rings. The van der Waals surface area contributed by atoms with E-state index in [-0.39, 0.29) is 24.0 Å². The summed E-state index contributed by atoms with van der Waals surface area (Å²) in [5, 5.41) is 3.22. The van der Waals surface area contributed by atoms with E-state index >= 15 is 0 Å².